The minimum atomic E-state index is -3.41. The zero-order chi connectivity index (χ0) is 16.0. The zero-order valence-corrected chi connectivity index (χ0v) is 14.0. The van der Waals surface area contributed by atoms with E-state index in [9.17, 15) is 13.2 Å². The number of nitrogens with zero attached hydrogens (tertiary/aromatic N) is 2. The first kappa shape index (κ1) is 15.0. The van der Waals surface area contributed by atoms with Crippen LogP contribution in [-0.2, 0) is 21.2 Å². The molecule has 1 aliphatic carbocycles. The van der Waals surface area contributed by atoms with E-state index in [0.29, 0.717) is 26.1 Å². The Hall–Kier alpha value is -1.56. The van der Waals surface area contributed by atoms with E-state index >= 15 is 0 Å². The molecule has 2 aliphatic heterocycles. The predicted molar refractivity (Wildman–Crippen MR) is 88.7 cm³/mol. The molecule has 0 N–H and O–H groups in total. The third kappa shape index (κ3) is 2.63. The first-order chi connectivity index (χ1) is 11.1. The molecule has 124 valence electrons. The fourth-order valence-electron chi connectivity index (χ4n) is 3.72. The van der Waals surface area contributed by atoms with Crippen molar-refractivity contribution in [3.8, 4) is 0 Å². The van der Waals surface area contributed by atoms with Crippen LogP contribution in [0, 0.1) is 5.92 Å². The van der Waals surface area contributed by atoms with Crippen molar-refractivity contribution in [1.82, 2.24) is 4.90 Å². The predicted octanol–water partition coefficient (Wildman–Crippen LogP) is 1.78. The van der Waals surface area contributed by atoms with Gasteiger partial charge in [0.25, 0.3) is 0 Å². The van der Waals surface area contributed by atoms with Gasteiger partial charge in [0.2, 0.25) is 15.9 Å². The van der Waals surface area contributed by atoms with Gasteiger partial charge in [-0.05, 0) is 43.7 Å². The second-order valence-corrected chi connectivity index (χ2v) is 8.96. The highest BCUT2D eigenvalue weighted by Gasteiger charge is 2.41. The van der Waals surface area contributed by atoms with Crippen LogP contribution in [0.5, 0.6) is 0 Å². The minimum absolute atomic E-state index is 0.156. The molecule has 1 aromatic rings. The van der Waals surface area contributed by atoms with Crippen LogP contribution in [0.1, 0.15) is 31.2 Å². The Labute approximate surface area is 137 Å². The topological polar surface area (TPSA) is 57.7 Å². The smallest absolute Gasteiger partial charge is 0.239 e. The van der Waals surface area contributed by atoms with E-state index in [2.05, 4.69) is 0 Å². The highest BCUT2D eigenvalue weighted by Crippen LogP contribution is 2.35. The van der Waals surface area contributed by atoms with E-state index in [1.807, 2.05) is 24.3 Å². The largest absolute Gasteiger partial charge is 0.341 e. The second-order valence-electron chi connectivity index (χ2n) is 6.82. The van der Waals surface area contributed by atoms with E-state index in [1.165, 1.54) is 0 Å². The second kappa shape index (κ2) is 5.51. The summed E-state index contributed by atoms with van der Waals surface area (Å²) in [5, 5.41) is -0.467. The molecule has 0 radical (unpaired) electrons. The number of benzene rings is 1. The number of carbonyl (C=O) groups is 1. The lowest BCUT2D eigenvalue weighted by Gasteiger charge is -2.35. The summed E-state index contributed by atoms with van der Waals surface area (Å²) >= 11 is 0. The zero-order valence-electron chi connectivity index (χ0n) is 13.1. The van der Waals surface area contributed by atoms with Crippen molar-refractivity contribution in [2.24, 2.45) is 5.92 Å². The minimum Gasteiger partial charge on any atom is -0.341 e. The average molecular weight is 334 g/mol. The number of rotatable bonds is 3. The molecule has 2 heterocycles. The molecule has 1 aromatic carbocycles. The molecular weight excluding hydrogens is 312 g/mol. The molecule has 0 spiro atoms. The Morgan fingerprint density at radius 1 is 1.09 bits per heavy atom. The van der Waals surface area contributed by atoms with Crippen molar-refractivity contribution in [2.45, 2.75) is 37.4 Å². The number of likely N-dealkylation sites (tertiary alicyclic amines) is 1. The van der Waals surface area contributed by atoms with Crippen LogP contribution >= 0.6 is 0 Å². The lowest BCUT2D eigenvalue weighted by Crippen LogP contribution is -2.49. The van der Waals surface area contributed by atoms with Crippen LogP contribution < -0.4 is 4.31 Å². The molecular formula is C17H22N2O3S. The highest BCUT2D eigenvalue weighted by atomic mass is 32.2. The Kier molecular flexibility index (Phi) is 3.59. The average Bonchev–Trinajstić information content (AvgIpc) is 3.32. The fraction of sp³-hybridized carbons (Fsp3) is 0.588. The van der Waals surface area contributed by atoms with E-state index in [-0.39, 0.29) is 11.8 Å². The molecule has 1 amide bonds. The maximum Gasteiger partial charge on any atom is 0.239 e. The summed E-state index contributed by atoms with van der Waals surface area (Å²) in [5.41, 5.74) is 1.91. The van der Waals surface area contributed by atoms with Crippen LogP contribution in [-0.4, -0.2) is 44.1 Å². The van der Waals surface area contributed by atoms with E-state index in [1.54, 1.807) is 9.21 Å². The van der Waals surface area contributed by atoms with Crippen molar-refractivity contribution in [2.75, 3.05) is 23.9 Å². The number of fused-ring (bicyclic) bond motifs is 1. The number of para-hydroxylation sites is 1. The number of anilines is 1. The molecule has 1 saturated heterocycles. The Morgan fingerprint density at radius 3 is 2.65 bits per heavy atom. The van der Waals surface area contributed by atoms with Gasteiger partial charge in [0.15, 0.2) is 0 Å². The maximum absolute atomic E-state index is 13.1. The number of piperidine rings is 1. The summed E-state index contributed by atoms with van der Waals surface area (Å²) in [6, 6.07) is 7.71. The molecule has 1 atom stereocenters. The lowest BCUT2D eigenvalue weighted by atomic mass is 10.1. The molecule has 1 saturated carbocycles. The molecule has 23 heavy (non-hydrogen) atoms. The van der Waals surface area contributed by atoms with E-state index in [4.69, 9.17) is 0 Å². The molecule has 5 nitrogen and oxygen atoms in total. The summed E-state index contributed by atoms with van der Waals surface area (Å²) < 4.78 is 27.8. The van der Waals surface area contributed by atoms with Gasteiger partial charge in [-0.25, -0.2) is 8.42 Å². The number of hydrogen-bond donors (Lipinski definition) is 0. The first-order valence-electron chi connectivity index (χ1n) is 8.45. The van der Waals surface area contributed by atoms with Crippen LogP contribution in [0.15, 0.2) is 24.3 Å². The van der Waals surface area contributed by atoms with Gasteiger partial charge in [0.05, 0.1) is 10.9 Å². The molecule has 3 aliphatic rings. The van der Waals surface area contributed by atoms with Crippen LogP contribution in [0.2, 0.25) is 0 Å². The van der Waals surface area contributed by atoms with E-state index < -0.39 is 15.3 Å². The summed E-state index contributed by atoms with van der Waals surface area (Å²) in [5.74, 6) is 0.315. The van der Waals surface area contributed by atoms with Gasteiger partial charge in [-0.15, -0.1) is 0 Å². The lowest BCUT2D eigenvalue weighted by molar-refractivity contribution is -0.133. The van der Waals surface area contributed by atoms with Gasteiger partial charge in [0, 0.05) is 25.6 Å². The van der Waals surface area contributed by atoms with Crippen LogP contribution in [0.4, 0.5) is 5.69 Å². The number of sulfonamides is 1. The monoisotopic (exact) mass is 334 g/mol. The van der Waals surface area contributed by atoms with Gasteiger partial charge in [-0.2, -0.15) is 0 Å². The molecule has 6 heteroatoms. The molecule has 2 fully saturated rings. The van der Waals surface area contributed by atoms with Gasteiger partial charge in [-0.3, -0.25) is 9.10 Å². The van der Waals surface area contributed by atoms with Crippen molar-refractivity contribution < 1.29 is 13.2 Å². The van der Waals surface area contributed by atoms with Crippen LogP contribution in [0.3, 0.4) is 0 Å². The number of amides is 1. The standard InChI is InChI=1S/C17H22N2O3S/c20-17(14-7-8-14)18-10-3-5-15(12-18)23(21,22)19-11-9-13-4-1-2-6-16(13)19/h1-2,4,6,14-15H,3,5,7-12H2/t15-/m0/s1. The number of carbonyl (C=O) groups excluding carboxylic acids is 1. The van der Waals surface area contributed by atoms with Gasteiger partial charge in [0.1, 0.15) is 0 Å². The van der Waals surface area contributed by atoms with Crippen LogP contribution in [0.25, 0.3) is 0 Å². The van der Waals surface area contributed by atoms with Gasteiger partial charge in [-0.1, -0.05) is 18.2 Å². The Bertz CT molecular complexity index is 727. The molecule has 4 rings (SSSR count). The quantitative estimate of drug-likeness (QED) is 0.847. The van der Waals surface area contributed by atoms with Crippen molar-refractivity contribution in [3.63, 3.8) is 0 Å². The SMILES string of the molecule is O=C(C1CC1)N1CCC[C@H](S(=O)(=O)N2CCc3ccccc32)C1. The summed E-state index contributed by atoms with van der Waals surface area (Å²) in [7, 11) is -3.41. The van der Waals surface area contributed by atoms with Crippen molar-refractivity contribution in [1.29, 1.82) is 0 Å². The van der Waals surface area contributed by atoms with Gasteiger partial charge < -0.3 is 4.90 Å². The third-order valence-corrected chi connectivity index (χ3v) is 7.41. The maximum atomic E-state index is 13.1. The van der Waals surface area contributed by atoms with E-state index in [0.717, 1.165) is 36.9 Å². The molecule has 0 aromatic heterocycles. The fourth-order valence-corrected chi connectivity index (χ4v) is 5.71. The first-order valence-corrected chi connectivity index (χ1v) is 9.96. The summed E-state index contributed by atoms with van der Waals surface area (Å²) in [6.45, 7) is 1.59. The third-order valence-electron chi connectivity index (χ3n) is 5.19. The normalized spacial score (nSPS) is 24.6. The number of hydrogen-bond acceptors (Lipinski definition) is 3. The summed E-state index contributed by atoms with van der Waals surface area (Å²) in [6.07, 6.45) is 4.12. The molecule has 0 unspecified atom stereocenters. The van der Waals surface area contributed by atoms with Crippen molar-refractivity contribution >= 4 is 21.6 Å². The highest BCUT2D eigenvalue weighted by molar-refractivity contribution is 7.93. The summed E-state index contributed by atoms with van der Waals surface area (Å²) in [4.78, 5) is 14.1. The van der Waals surface area contributed by atoms with Gasteiger partial charge >= 0.3 is 0 Å². The Morgan fingerprint density at radius 2 is 1.87 bits per heavy atom. The van der Waals surface area contributed by atoms with Crippen molar-refractivity contribution in [3.05, 3.63) is 29.8 Å². The molecule has 0 bridgehead atoms. The Balaban J connectivity index is 1.55.